The van der Waals surface area contributed by atoms with Crippen LogP contribution in [-0.2, 0) is 5.54 Å². The summed E-state index contributed by atoms with van der Waals surface area (Å²) in [4.78, 5) is 18.1. The maximum absolute atomic E-state index is 14.6. The molecule has 5 rings (SSSR count). The molecule has 1 amide bonds. The fourth-order valence-corrected chi connectivity index (χ4v) is 5.70. The van der Waals surface area contributed by atoms with Crippen molar-refractivity contribution in [2.45, 2.75) is 5.54 Å². The Kier molecular flexibility index (Phi) is 7.77. The zero-order valence-electron chi connectivity index (χ0n) is 24.2. The minimum absolute atomic E-state index is 0.00405. The van der Waals surface area contributed by atoms with E-state index in [1.807, 2.05) is 80.6 Å². The third-order valence-corrected chi connectivity index (χ3v) is 7.54. The highest BCUT2D eigenvalue weighted by Gasteiger charge is 2.40. The van der Waals surface area contributed by atoms with Crippen molar-refractivity contribution in [2.24, 2.45) is 0 Å². The monoisotopic (exact) mass is 553 g/mol. The van der Waals surface area contributed by atoms with Crippen LogP contribution in [0.4, 0.5) is 11.4 Å². The van der Waals surface area contributed by atoms with Gasteiger partial charge in [-0.1, -0.05) is 78.9 Å². The third kappa shape index (κ3) is 4.50. The predicted molar refractivity (Wildman–Crippen MR) is 161 cm³/mol. The maximum atomic E-state index is 14.6. The van der Waals surface area contributed by atoms with Gasteiger partial charge in [0.1, 0.15) is 5.56 Å². The van der Waals surface area contributed by atoms with Gasteiger partial charge >= 0.3 is 0 Å². The fourth-order valence-electron chi connectivity index (χ4n) is 5.70. The van der Waals surface area contributed by atoms with Gasteiger partial charge in [0, 0.05) is 32.4 Å². The Morgan fingerprint density at radius 2 is 1.29 bits per heavy atom. The van der Waals surface area contributed by atoms with Crippen molar-refractivity contribution < 1.29 is 23.7 Å². The van der Waals surface area contributed by atoms with Crippen LogP contribution < -0.4 is 34.1 Å². The Morgan fingerprint density at radius 3 is 1.80 bits per heavy atom. The Bertz CT molecular complexity index is 1500. The van der Waals surface area contributed by atoms with Crippen LogP contribution in [-0.4, -0.2) is 55.1 Å². The van der Waals surface area contributed by atoms with Gasteiger partial charge < -0.3 is 34.1 Å². The fraction of sp³-hybridized carbons (Fsp3) is 0.242. The first-order chi connectivity index (χ1) is 19.9. The van der Waals surface area contributed by atoms with Crippen LogP contribution in [0, 0.1) is 0 Å². The number of carbonyl (C=O) groups excluding carboxylic acids is 1. The number of para-hydroxylation sites is 1. The molecule has 0 unspecified atom stereocenters. The van der Waals surface area contributed by atoms with Gasteiger partial charge in [0.25, 0.3) is 5.91 Å². The number of benzene rings is 4. The Labute approximate surface area is 241 Å². The second kappa shape index (κ2) is 11.4. The molecule has 4 aromatic rings. The summed E-state index contributed by atoms with van der Waals surface area (Å²) >= 11 is 0. The highest BCUT2D eigenvalue weighted by atomic mass is 16.7. The number of hydrogen-bond acceptors (Lipinski definition) is 7. The average Bonchev–Trinajstić information content (AvgIpc) is 3.51. The molecule has 0 aromatic heterocycles. The molecule has 1 aliphatic heterocycles. The molecule has 0 saturated carbocycles. The number of fused-ring (bicyclic) bond motifs is 1. The molecule has 4 aromatic carbocycles. The lowest BCUT2D eigenvalue weighted by molar-refractivity contribution is 0.0989. The number of amides is 1. The van der Waals surface area contributed by atoms with Crippen LogP contribution in [0.5, 0.6) is 23.0 Å². The molecule has 1 aliphatic rings. The lowest BCUT2D eigenvalue weighted by Gasteiger charge is -2.38. The summed E-state index contributed by atoms with van der Waals surface area (Å²) in [6.45, 7) is 0.00405. The molecular weight excluding hydrogens is 518 g/mol. The van der Waals surface area contributed by atoms with Crippen molar-refractivity contribution in [3.63, 3.8) is 0 Å². The first kappa shape index (κ1) is 27.9. The van der Waals surface area contributed by atoms with Crippen molar-refractivity contribution >= 4 is 17.3 Å². The number of nitrogens with one attached hydrogen (secondary N) is 1. The van der Waals surface area contributed by atoms with Gasteiger partial charge in [-0.25, -0.2) is 0 Å². The van der Waals surface area contributed by atoms with Crippen LogP contribution in [0.25, 0.3) is 0 Å². The Morgan fingerprint density at radius 1 is 0.780 bits per heavy atom. The molecule has 1 heterocycles. The van der Waals surface area contributed by atoms with Gasteiger partial charge in [-0.2, -0.15) is 0 Å². The lowest BCUT2D eigenvalue weighted by Crippen LogP contribution is -2.44. The van der Waals surface area contributed by atoms with Crippen molar-refractivity contribution in [2.75, 3.05) is 59.0 Å². The normalized spacial score (nSPS) is 12.1. The first-order valence-electron chi connectivity index (χ1n) is 13.3. The van der Waals surface area contributed by atoms with E-state index in [0.717, 1.165) is 22.4 Å². The quantitative estimate of drug-likeness (QED) is 0.283. The highest BCUT2D eigenvalue weighted by molar-refractivity contribution is 6.14. The summed E-state index contributed by atoms with van der Waals surface area (Å²) < 4.78 is 23.0. The summed E-state index contributed by atoms with van der Waals surface area (Å²) in [6, 6.07) is 28.4. The zero-order chi connectivity index (χ0) is 29.1. The van der Waals surface area contributed by atoms with Crippen molar-refractivity contribution in [3.8, 4) is 23.0 Å². The molecule has 0 radical (unpaired) electrons. The molecule has 0 aliphatic carbocycles. The van der Waals surface area contributed by atoms with Gasteiger partial charge in [-0.3, -0.25) is 4.79 Å². The Balaban J connectivity index is 1.75. The highest BCUT2D eigenvalue weighted by Crippen LogP contribution is 2.55. The van der Waals surface area contributed by atoms with Crippen LogP contribution >= 0.6 is 0 Å². The van der Waals surface area contributed by atoms with E-state index in [0.29, 0.717) is 34.2 Å². The second-order valence-corrected chi connectivity index (χ2v) is 9.86. The summed E-state index contributed by atoms with van der Waals surface area (Å²) in [5.74, 6) is 1.17. The average molecular weight is 554 g/mol. The van der Waals surface area contributed by atoms with Crippen LogP contribution in [0.15, 0.2) is 84.9 Å². The molecule has 8 heteroatoms. The van der Waals surface area contributed by atoms with E-state index < -0.39 is 5.54 Å². The van der Waals surface area contributed by atoms with Gasteiger partial charge in [0.05, 0.1) is 25.4 Å². The van der Waals surface area contributed by atoms with E-state index in [4.69, 9.17) is 18.9 Å². The largest absolute Gasteiger partial charge is 0.492 e. The topological polar surface area (TPSA) is 72.5 Å². The number of methoxy groups -OCH3 is 2. The molecule has 0 saturated heterocycles. The second-order valence-electron chi connectivity index (χ2n) is 9.86. The molecule has 0 spiro atoms. The minimum atomic E-state index is -0.755. The molecule has 8 nitrogen and oxygen atoms in total. The molecule has 212 valence electrons. The van der Waals surface area contributed by atoms with E-state index in [1.54, 1.807) is 19.1 Å². The van der Waals surface area contributed by atoms with E-state index in [2.05, 4.69) is 35.6 Å². The molecule has 1 N–H and O–H groups in total. The number of ether oxygens (including phenoxy) is 4. The molecule has 41 heavy (non-hydrogen) atoms. The smallest absolute Gasteiger partial charge is 0.264 e. The van der Waals surface area contributed by atoms with Gasteiger partial charge in [0.2, 0.25) is 18.3 Å². The standard InChI is InChI=1S/C33H35N3O5/c1-34-33(22-15-9-7-10-16-22,23-17-11-8-12-18-23)24-19-13-14-20-25(24)36(4)32(37)26-27(35(2)3)29(39-6)31-30(28(26)38-5)40-21-41-31/h7-20,34H,21H2,1-6H3. The summed E-state index contributed by atoms with van der Waals surface area (Å²) in [5.41, 5.74) is 3.81. The molecule has 0 atom stereocenters. The summed E-state index contributed by atoms with van der Waals surface area (Å²) in [6.07, 6.45) is 0. The molecule has 0 bridgehead atoms. The summed E-state index contributed by atoms with van der Waals surface area (Å²) in [7, 11) is 10.5. The van der Waals surface area contributed by atoms with E-state index >= 15 is 0 Å². The van der Waals surface area contributed by atoms with Crippen molar-refractivity contribution in [1.29, 1.82) is 0 Å². The van der Waals surface area contributed by atoms with E-state index in [-0.39, 0.29) is 12.7 Å². The first-order valence-corrected chi connectivity index (χ1v) is 13.3. The third-order valence-electron chi connectivity index (χ3n) is 7.54. The van der Waals surface area contributed by atoms with E-state index in [9.17, 15) is 4.79 Å². The van der Waals surface area contributed by atoms with Gasteiger partial charge in [-0.05, 0) is 24.2 Å². The van der Waals surface area contributed by atoms with E-state index in [1.165, 1.54) is 7.11 Å². The predicted octanol–water partition coefficient (Wildman–Crippen LogP) is 5.29. The van der Waals surface area contributed by atoms with Gasteiger partial charge in [-0.15, -0.1) is 0 Å². The van der Waals surface area contributed by atoms with Crippen molar-refractivity contribution in [1.82, 2.24) is 5.32 Å². The number of anilines is 2. The van der Waals surface area contributed by atoms with Gasteiger partial charge in [0.15, 0.2) is 11.5 Å². The van der Waals surface area contributed by atoms with Crippen LogP contribution in [0.2, 0.25) is 0 Å². The number of nitrogens with zero attached hydrogens (tertiary/aromatic N) is 2. The molecule has 0 fully saturated rings. The lowest BCUT2D eigenvalue weighted by atomic mass is 9.76. The Hall–Kier alpha value is -4.69. The van der Waals surface area contributed by atoms with Crippen LogP contribution in [0.1, 0.15) is 27.0 Å². The molecular formula is C33H35N3O5. The number of rotatable bonds is 9. The number of carbonyl (C=O) groups is 1. The maximum Gasteiger partial charge on any atom is 0.264 e. The summed E-state index contributed by atoms with van der Waals surface area (Å²) in [5, 5.41) is 3.62. The SMILES string of the molecule is CNC(c1ccccc1)(c1ccccc1)c1ccccc1N(C)C(=O)c1c(OC)c2c(c(OC)c1N(C)C)OCO2. The minimum Gasteiger partial charge on any atom is -0.492 e. The number of hydrogen-bond donors (Lipinski definition) is 1. The van der Waals surface area contributed by atoms with Crippen LogP contribution in [0.3, 0.4) is 0 Å². The van der Waals surface area contributed by atoms with Crippen molar-refractivity contribution in [3.05, 3.63) is 107 Å². The zero-order valence-corrected chi connectivity index (χ0v) is 24.2.